The predicted molar refractivity (Wildman–Crippen MR) is 114 cm³/mol. The van der Waals surface area contributed by atoms with Gasteiger partial charge in [0.1, 0.15) is 5.75 Å². The van der Waals surface area contributed by atoms with E-state index in [1.54, 1.807) is 36.4 Å². The number of nitrogens with zero attached hydrogens (tertiary/aromatic N) is 2. The number of hydrogen-bond donors (Lipinski definition) is 2. The van der Waals surface area contributed by atoms with Crippen molar-refractivity contribution < 1.29 is 9.53 Å². The van der Waals surface area contributed by atoms with Crippen molar-refractivity contribution in [2.24, 2.45) is 0 Å². The number of rotatable bonds is 4. The average Bonchev–Trinajstić information content (AvgIpc) is 2.74. The summed E-state index contributed by atoms with van der Waals surface area (Å²) in [5.74, 6) is 0.489. The van der Waals surface area contributed by atoms with Crippen LogP contribution in [0.1, 0.15) is 22.8 Å². The number of nitrogen functional groups attached to an aromatic ring is 1. The second kappa shape index (κ2) is 7.49. The van der Waals surface area contributed by atoms with E-state index in [1.165, 1.54) is 0 Å². The van der Waals surface area contributed by atoms with Crippen LogP contribution in [0.2, 0.25) is 0 Å². The Balaban J connectivity index is 1.68. The van der Waals surface area contributed by atoms with Crippen molar-refractivity contribution in [3.05, 3.63) is 71.8 Å². The molecule has 0 aliphatic carbocycles. The van der Waals surface area contributed by atoms with E-state index in [1.807, 2.05) is 37.3 Å². The topological polar surface area (TPSA) is 101 Å². The first-order chi connectivity index (χ1) is 14.1. The van der Waals surface area contributed by atoms with Gasteiger partial charge < -0.3 is 15.8 Å². The van der Waals surface area contributed by atoms with Crippen molar-refractivity contribution in [1.82, 2.24) is 4.98 Å². The molecule has 0 atom stereocenters. The maximum absolute atomic E-state index is 12.5. The third kappa shape index (κ3) is 3.54. The molecule has 142 valence electrons. The van der Waals surface area contributed by atoms with Gasteiger partial charge in [0.25, 0.3) is 5.91 Å². The van der Waals surface area contributed by atoms with Gasteiger partial charge in [-0.2, -0.15) is 5.26 Å². The maximum atomic E-state index is 12.5. The van der Waals surface area contributed by atoms with Crippen molar-refractivity contribution >= 4 is 39.1 Å². The summed E-state index contributed by atoms with van der Waals surface area (Å²) in [5.41, 5.74) is 10.0. The fourth-order valence-electron chi connectivity index (χ4n) is 3.19. The minimum atomic E-state index is -0.260. The molecule has 1 heterocycles. The minimum Gasteiger partial charge on any atom is -0.494 e. The van der Waals surface area contributed by atoms with E-state index in [2.05, 4.69) is 10.3 Å². The third-order valence-corrected chi connectivity index (χ3v) is 4.63. The monoisotopic (exact) mass is 382 g/mol. The number of carbonyl (C=O) groups excluding carboxylic acids is 1. The van der Waals surface area contributed by atoms with Crippen LogP contribution in [0.4, 0.5) is 11.4 Å². The molecule has 29 heavy (non-hydrogen) atoms. The summed E-state index contributed by atoms with van der Waals surface area (Å²) in [5, 5.41) is 13.4. The molecule has 1 amide bonds. The number of ether oxygens (including phenoxy) is 1. The van der Waals surface area contributed by atoms with Gasteiger partial charge in [0.2, 0.25) is 0 Å². The molecule has 0 aliphatic heterocycles. The van der Waals surface area contributed by atoms with Gasteiger partial charge in [-0.3, -0.25) is 4.79 Å². The molecule has 0 aliphatic rings. The van der Waals surface area contributed by atoms with Crippen LogP contribution in [-0.2, 0) is 0 Å². The Bertz CT molecular complexity index is 1270. The normalized spacial score (nSPS) is 10.6. The van der Waals surface area contributed by atoms with Gasteiger partial charge >= 0.3 is 0 Å². The molecule has 0 radical (unpaired) electrons. The number of carbonyl (C=O) groups is 1. The maximum Gasteiger partial charge on any atom is 0.255 e. The van der Waals surface area contributed by atoms with E-state index in [-0.39, 0.29) is 5.91 Å². The van der Waals surface area contributed by atoms with Crippen molar-refractivity contribution in [2.45, 2.75) is 6.92 Å². The molecule has 3 aromatic carbocycles. The number of fused-ring (bicyclic) bond motifs is 2. The van der Waals surface area contributed by atoms with E-state index < -0.39 is 0 Å². The van der Waals surface area contributed by atoms with Gasteiger partial charge in [-0.25, -0.2) is 4.98 Å². The lowest BCUT2D eigenvalue weighted by Gasteiger charge is -2.11. The highest BCUT2D eigenvalue weighted by atomic mass is 16.5. The third-order valence-electron chi connectivity index (χ3n) is 4.63. The van der Waals surface area contributed by atoms with Crippen molar-refractivity contribution in [1.29, 1.82) is 5.26 Å². The second-order valence-corrected chi connectivity index (χ2v) is 6.51. The van der Waals surface area contributed by atoms with E-state index in [4.69, 9.17) is 15.7 Å². The van der Waals surface area contributed by atoms with Gasteiger partial charge in [0, 0.05) is 22.0 Å². The largest absolute Gasteiger partial charge is 0.494 e. The molecule has 0 unspecified atom stereocenters. The molecule has 6 heteroatoms. The number of benzene rings is 3. The molecular formula is C23H18N4O2. The van der Waals surface area contributed by atoms with Crippen LogP contribution >= 0.6 is 0 Å². The van der Waals surface area contributed by atoms with Crippen LogP contribution in [-0.4, -0.2) is 17.5 Å². The summed E-state index contributed by atoms with van der Waals surface area (Å²) >= 11 is 0. The summed E-state index contributed by atoms with van der Waals surface area (Å²) in [6.07, 6.45) is 0. The highest BCUT2D eigenvalue weighted by molar-refractivity contribution is 6.09. The minimum absolute atomic E-state index is 0.260. The molecule has 3 N–H and O–H groups in total. The van der Waals surface area contributed by atoms with Gasteiger partial charge in [0.05, 0.1) is 35.0 Å². The molecule has 0 spiro atoms. The Morgan fingerprint density at radius 3 is 2.59 bits per heavy atom. The van der Waals surface area contributed by atoms with Crippen LogP contribution in [0.25, 0.3) is 21.8 Å². The zero-order chi connectivity index (χ0) is 20.4. The van der Waals surface area contributed by atoms with E-state index in [0.717, 1.165) is 22.0 Å². The summed E-state index contributed by atoms with van der Waals surface area (Å²) in [7, 11) is 0. The van der Waals surface area contributed by atoms with E-state index in [0.29, 0.717) is 34.6 Å². The Kier molecular flexibility index (Phi) is 4.71. The van der Waals surface area contributed by atoms with Crippen LogP contribution in [0.3, 0.4) is 0 Å². The Morgan fingerprint density at radius 2 is 1.86 bits per heavy atom. The SMILES string of the molecule is CCOc1ccc2nc3cc(NC(=O)c4ccc(C#N)cc4)ccc3c(N)c2c1. The summed E-state index contributed by atoms with van der Waals surface area (Å²) in [4.78, 5) is 17.2. The van der Waals surface area contributed by atoms with Gasteiger partial charge in [-0.15, -0.1) is 0 Å². The number of nitrogens with one attached hydrogen (secondary N) is 1. The van der Waals surface area contributed by atoms with Crippen molar-refractivity contribution in [2.75, 3.05) is 17.7 Å². The molecule has 4 rings (SSSR count). The number of hydrogen-bond acceptors (Lipinski definition) is 5. The zero-order valence-corrected chi connectivity index (χ0v) is 15.8. The second-order valence-electron chi connectivity index (χ2n) is 6.51. The molecule has 0 saturated heterocycles. The lowest BCUT2D eigenvalue weighted by atomic mass is 10.1. The lowest BCUT2D eigenvalue weighted by Crippen LogP contribution is -2.11. The van der Waals surface area contributed by atoms with Crippen molar-refractivity contribution in [3.8, 4) is 11.8 Å². The van der Waals surface area contributed by atoms with Crippen LogP contribution < -0.4 is 15.8 Å². The predicted octanol–water partition coefficient (Wildman–Crippen LogP) is 4.49. The lowest BCUT2D eigenvalue weighted by molar-refractivity contribution is 0.102. The standard InChI is InChI=1S/C23H18N4O2/c1-2-29-17-8-10-20-19(12-17)22(25)18-9-7-16(11-21(18)27-20)26-23(28)15-5-3-14(13-24)4-6-15/h3-12H,2H2,1H3,(H2,25,27)(H,26,28). The highest BCUT2D eigenvalue weighted by Gasteiger charge is 2.11. The Morgan fingerprint density at radius 1 is 1.07 bits per heavy atom. The van der Waals surface area contributed by atoms with Gasteiger partial charge in [-0.05, 0) is 67.6 Å². The Labute approximate surface area is 167 Å². The molecule has 0 bridgehead atoms. The number of pyridine rings is 1. The Hall–Kier alpha value is -4.11. The van der Waals surface area contributed by atoms with Crippen LogP contribution in [0.5, 0.6) is 5.75 Å². The number of nitrogens with two attached hydrogens (primary N) is 1. The quantitative estimate of drug-likeness (QED) is 0.506. The number of nitriles is 1. The molecule has 6 nitrogen and oxygen atoms in total. The smallest absolute Gasteiger partial charge is 0.255 e. The van der Waals surface area contributed by atoms with Crippen molar-refractivity contribution in [3.63, 3.8) is 0 Å². The van der Waals surface area contributed by atoms with Crippen LogP contribution in [0, 0.1) is 11.3 Å². The first-order valence-corrected chi connectivity index (χ1v) is 9.16. The van der Waals surface area contributed by atoms with Crippen LogP contribution in [0.15, 0.2) is 60.7 Å². The highest BCUT2D eigenvalue weighted by Crippen LogP contribution is 2.32. The number of amides is 1. The number of anilines is 2. The molecule has 0 saturated carbocycles. The summed E-state index contributed by atoms with van der Waals surface area (Å²) in [6, 6.07) is 19.6. The fraction of sp³-hybridized carbons (Fsp3) is 0.0870. The van der Waals surface area contributed by atoms with Gasteiger partial charge in [0.15, 0.2) is 0 Å². The van der Waals surface area contributed by atoms with E-state index >= 15 is 0 Å². The summed E-state index contributed by atoms with van der Waals surface area (Å²) < 4.78 is 5.55. The first-order valence-electron chi connectivity index (χ1n) is 9.16. The number of aromatic nitrogens is 1. The van der Waals surface area contributed by atoms with Gasteiger partial charge in [-0.1, -0.05) is 0 Å². The fourth-order valence-corrected chi connectivity index (χ4v) is 3.19. The molecule has 0 fully saturated rings. The molecule has 4 aromatic rings. The molecule has 1 aromatic heterocycles. The molecular weight excluding hydrogens is 364 g/mol. The summed E-state index contributed by atoms with van der Waals surface area (Å²) in [6.45, 7) is 2.51. The first kappa shape index (κ1) is 18.3. The average molecular weight is 382 g/mol. The zero-order valence-electron chi connectivity index (χ0n) is 15.8. The van der Waals surface area contributed by atoms with E-state index in [9.17, 15) is 4.79 Å².